The van der Waals surface area contributed by atoms with Crippen molar-refractivity contribution in [3.63, 3.8) is 0 Å². The molecular weight excluding hydrogens is 566 g/mol. The third-order valence-electron chi connectivity index (χ3n) is 7.39. The Bertz CT molecular complexity index is 1890. The Morgan fingerprint density at radius 3 is 2.52 bits per heavy atom. The van der Waals surface area contributed by atoms with Crippen molar-refractivity contribution in [2.45, 2.75) is 52.9 Å². The van der Waals surface area contributed by atoms with Crippen molar-refractivity contribution in [2.75, 3.05) is 0 Å². The summed E-state index contributed by atoms with van der Waals surface area (Å²) in [6, 6.07) is 17.7. The molecule has 0 spiro atoms. The number of aromatic nitrogens is 2. The van der Waals surface area contributed by atoms with Crippen LogP contribution >= 0.6 is 22.9 Å². The van der Waals surface area contributed by atoms with Gasteiger partial charge in [-0.2, -0.15) is 0 Å². The molecule has 42 heavy (non-hydrogen) atoms. The molecule has 1 aliphatic rings. The van der Waals surface area contributed by atoms with Crippen molar-refractivity contribution in [3.05, 3.63) is 93.6 Å². The van der Waals surface area contributed by atoms with E-state index in [-0.39, 0.29) is 0 Å². The van der Waals surface area contributed by atoms with Crippen molar-refractivity contribution in [3.8, 4) is 33.0 Å². The van der Waals surface area contributed by atoms with E-state index in [0.717, 1.165) is 60.8 Å². The Kier molecular flexibility index (Phi) is 7.21. The van der Waals surface area contributed by atoms with Gasteiger partial charge in [0.1, 0.15) is 5.01 Å². The van der Waals surface area contributed by atoms with Crippen LogP contribution in [-0.2, 0) is 16.1 Å². The van der Waals surface area contributed by atoms with Gasteiger partial charge in [0.2, 0.25) is 0 Å². The first-order chi connectivity index (χ1) is 20.0. The molecule has 5 aromatic rings. The molecule has 0 saturated carbocycles. The van der Waals surface area contributed by atoms with Crippen molar-refractivity contribution in [1.29, 1.82) is 0 Å². The average molecular weight is 596 g/mol. The van der Waals surface area contributed by atoms with Gasteiger partial charge in [0.25, 0.3) is 0 Å². The standard InChI is InChI=1S/C34H30ClN3O3S/c1-18-14-27-31(29(20-6-9-23(35)10-7-20)28(18)30(33(39)40)41-34(3,4)5)42-32(38-27)21-12-13-37-26(15-21)24-11-8-22-16-36-17-25(22)19(24)2/h6-15,17,30H,16H2,1-5H3,(H,39,40)/t30-/m0/s1. The van der Waals surface area contributed by atoms with E-state index < -0.39 is 17.7 Å². The van der Waals surface area contributed by atoms with Gasteiger partial charge in [-0.1, -0.05) is 35.9 Å². The van der Waals surface area contributed by atoms with Crippen LogP contribution in [-0.4, -0.2) is 32.9 Å². The summed E-state index contributed by atoms with van der Waals surface area (Å²) in [6.07, 6.45) is 2.59. The van der Waals surface area contributed by atoms with Crippen molar-refractivity contribution in [1.82, 2.24) is 9.97 Å². The molecule has 2 aromatic heterocycles. The lowest BCUT2D eigenvalue weighted by atomic mass is 9.91. The number of hydrogen-bond donors (Lipinski definition) is 1. The predicted molar refractivity (Wildman–Crippen MR) is 171 cm³/mol. The van der Waals surface area contributed by atoms with Crippen LogP contribution in [0.5, 0.6) is 0 Å². The van der Waals surface area contributed by atoms with Gasteiger partial charge >= 0.3 is 5.97 Å². The minimum Gasteiger partial charge on any atom is -0.479 e. The van der Waals surface area contributed by atoms with E-state index in [2.05, 4.69) is 30.1 Å². The molecule has 6 rings (SSSR count). The zero-order valence-corrected chi connectivity index (χ0v) is 25.6. The van der Waals surface area contributed by atoms with Crippen molar-refractivity contribution in [2.24, 2.45) is 4.99 Å². The van der Waals surface area contributed by atoms with Crippen LogP contribution in [0.4, 0.5) is 0 Å². The lowest BCUT2D eigenvalue weighted by molar-refractivity contribution is -0.160. The van der Waals surface area contributed by atoms with Gasteiger partial charge in [-0.3, -0.25) is 9.98 Å². The van der Waals surface area contributed by atoms with Crippen LogP contribution in [0.25, 0.3) is 43.2 Å². The summed E-state index contributed by atoms with van der Waals surface area (Å²) in [5, 5.41) is 11.8. The quantitative estimate of drug-likeness (QED) is 0.212. The van der Waals surface area contributed by atoms with Gasteiger partial charge in [0, 0.05) is 45.3 Å². The number of carboxylic acid groups (broad SMARTS) is 1. The zero-order valence-electron chi connectivity index (χ0n) is 24.0. The highest BCUT2D eigenvalue weighted by Gasteiger charge is 2.32. The Balaban J connectivity index is 1.54. The van der Waals surface area contributed by atoms with Gasteiger partial charge in [-0.05, 0) is 87.2 Å². The summed E-state index contributed by atoms with van der Waals surface area (Å²) in [7, 11) is 0. The number of carbonyl (C=O) groups is 1. The molecule has 1 atom stereocenters. The monoisotopic (exact) mass is 595 g/mol. The van der Waals surface area contributed by atoms with Crippen LogP contribution in [0.3, 0.4) is 0 Å². The molecule has 0 fully saturated rings. The second kappa shape index (κ2) is 10.7. The van der Waals surface area contributed by atoms with Crippen LogP contribution < -0.4 is 0 Å². The van der Waals surface area contributed by atoms with Gasteiger partial charge in [-0.25, -0.2) is 9.78 Å². The van der Waals surface area contributed by atoms with Crippen molar-refractivity contribution >= 4 is 45.3 Å². The highest BCUT2D eigenvalue weighted by atomic mass is 35.5. The second-order valence-corrected chi connectivity index (χ2v) is 13.0. The van der Waals surface area contributed by atoms with E-state index in [1.807, 2.05) is 76.5 Å². The smallest absolute Gasteiger partial charge is 0.337 e. The molecule has 0 unspecified atom stereocenters. The Labute approximate surface area is 253 Å². The number of rotatable bonds is 6. The van der Waals surface area contributed by atoms with Crippen LogP contribution in [0.1, 0.15) is 54.7 Å². The molecule has 6 nitrogen and oxygen atoms in total. The van der Waals surface area contributed by atoms with E-state index in [1.54, 1.807) is 0 Å². The number of nitrogens with zero attached hydrogens (tertiary/aromatic N) is 3. The Morgan fingerprint density at radius 1 is 1.05 bits per heavy atom. The number of hydrogen-bond acceptors (Lipinski definition) is 6. The molecule has 3 heterocycles. The Hall–Kier alpha value is -3.91. The average Bonchev–Trinajstić information content (AvgIpc) is 3.59. The number of pyridine rings is 1. The van der Waals surface area contributed by atoms with Crippen LogP contribution in [0, 0.1) is 13.8 Å². The third-order valence-corrected chi connectivity index (χ3v) is 8.78. The Morgan fingerprint density at radius 2 is 1.81 bits per heavy atom. The zero-order chi connectivity index (χ0) is 29.8. The maximum Gasteiger partial charge on any atom is 0.337 e. The van der Waals surface area contributed by atoms with E-state index >= 15 is 0 Å². The van der Waals surface area contributed by atoms with Gasteiger partial charge in [0.05, 0.1) is 28.1 Å². The maximum absolute atomic E-state index is 12.6. The van der Waals surface area contributed by atoms with E-state index in [4.69, 9.17) is 26.3 Å². The number of thiazole rings is 1. The molecule has 212 valence electrons. The van der Waals surface area contributed by atoms with Gasteiger partial charge in [0.15, 0.2) is 6.10 Å². The number of benzene rings is 3. The number of fused-ring (bicyclic) bond motifs is 2. The molecule has 0 aliphatic carbocycles. The summed E-state index contributed by atoms with van der Waals surface area (Å²) < 4.78 is 7.03. The number of halogens is 1. The number of carboxylic acids is 1. The fourth-order valence-electron chi connectivity index (χ4n) is 5.49. The number of aryl methyl sites for hydroxylation is 1. The first-order valence-corrected chi connectivity index (χ1v) is 14.9. The maximum atomic E-state index is 12.6. The van der Waals surface area contributed by atoms with Gasteiger partial charge < -0.3 is 9.84 Å². The summed E-state index contributed by atoms with van der Waals surface area (Å²) in [5.41, 5.74) is 9.62. The summed E-state index contributed by atoms with van der Waals surface area (Å²) in [6.45, 7) is 10.3. The van der Waals surface area contributed by atoms with E-state index in [1.165, 1.54) is 22.5 Å². The largest absolute Gasteiger partial charge is 0.479 e. The summed E-state index contributed by atoms with van der Waals surface area (Å²) in [5.74, 6) is -1.04. The van der Waals surface area contributed by atoms with Crippen LogP contribution in [0.15, 0.2) is 65.8 Å². The molecule has 1 N–H and O–H groups in total. The molecule has 0 bridgehead atoms. The first-order valence-electron chi connectivity index (χ1n) is 13.7. The molecule has 3 aromatic carbocycles. The SMILES string of the molecule is Cc1cc2nc(-c3ccnc(-c4ccc5c(c4C)C=NC5)c3)sc2c(-c2ccc(Cl)cc2)c1[C@H](OC(C)(C)C)C(=O)O. The summed E-state index contributed by atoms with van der Waals surface area (Å²) >= 11 is 7.77. The number of ether oxygens (including phenoxy) is 1. The van der Waals surface area contributed by atoms with Crippen LogP contribution in [0.2, 0.25) is 5.02 Å². The molecular formula is C34H30ClN3O3S. The number of aliphatic imine (C=N–C) groups is 1. The minimum atomic E-state index is -1.16. The lowest BCUT2D eigenvalue weighted by Crippen LogP contribution is -2.28. The number of aliphatic carboxylic acids is 1. The fraction of sp³-hybridized carbons (Fsp3) is 0.235. The molecule has 8 heteroatoms. The molecule has 0 saturated heterocycles. The highest BCUT2D eigenvalue weighted by Crippen LogP contribution is 2.44. The summed E-state index contributed by atoms with van der Waals surface area (Å²) in [4.78, 5) is 26.8. The van der Waals surface area contributed by atoms with E-state index in [0.29, 0.717) is 10.6 Å². The lowest BCUT2D eigenvalue weighted by Gasteiger charge is -2.28. The predicted octanol–water partition coefficient (Wildman–Crippen LogP) is 8.84. The molecule has 0 radical (unpaired) electrons. The second-order valence-electron chi connectivity index (χ2n) is 11.5. The molecule has 1 aliphatic heterocycles. The third kappa shape index (κ3) is 5.24. The highest BCUT2D eigenvalue weighted by molar-refractivity contribution is 7.22. The first kappa shape index (κ1) is 28.2. The minimum absolute atomic E-state index is 0.604. The molecule has 0 amide bonds. The van der Waals surface area contributed by atoms with E-state index in [9.17, 15) is 9.90 Å². The van der Waals surface area contributed by atoms with Crippen molar-refractivity contribution < 1.29 is 14.6 Å². The topological polar surface area (TPSA) is 84.7 Å². The normalized spacial score (nSPS) is 13.5. The van der Waals surface area contributed by atoms with Gasteiger partial charge in [-0.15, -0.1) is 11.3 Å². The fourth-order valence-corrected chi connectivity index (χ4v) is 6.74.